The van der Waals surface area contributed by atoms with Gasteiger partial charge in [-0.3, -0.25) is 0 Å². The standard InChI is InChI=1S/C21H21N3O2/c1-13(2)24-19-9-14(3)17(22-4)12-18(19)23-20(24)11-15-7-6-8-16(10-15)21(25)26-5/h6-10,12-13H,11H2,1-3,5H3. The molecule has 0 N–H and O–H groups in total. The van der Waals surface area contributed by atoms with Crippen LogP contribution in [0, 0.1) is 13.5 Å². The van der Waals surface area contributed by atoms with Gasteiger partial charge in [-0.2, -0.15) is 0 Å². The van der Waals surface area contributed by atoms with Crippen molar-refractivity contribution >= 4 is 22.7 Å². The summed E-state index contributed by atoms with van der Waals surface area (Å²) in [5.74, 6) is 0.570. The average Bonchev–Trinajstić information content (AvgIpc) is 2.97. The maximum absolute atomic E-state index is 11.8. The molecule has 0 amide bonds. The van der Waals surface area contributed by atoms with E-state index in [-0.39, 0.29) is 12.0 Å². The Bertz CT molecular complexity index is 1030. The van der Waals surface area contributed by atoms with Gasteiger partial charge in [0, 0.05) is 12.5 Å². The van der Waals surface area contributed by atoms with Crippen LogP contribution in [-0.2, 0) is 11.2 Å². The Balaban J connectivity index is 2.09. The maximum Gasteiger partial charge on any atom is 0.337 e. The van der Waals surface area contributed by atoms with E-state index < -0.39 is 0 Å². The van der Waals surface area contributed by atoms with Crippen LogP contribution >= 0.6 is 0 Å². The Hall–Kier alpha value is -3.13. The van der Waals surface area contributed by atoms with Gasteiger partial charge in [0.05, 0.1) is 30.3 Å². The van der Waals surface area contributed by atoms with E-state index in [4.69, 9.17) is 16.3 Å². The number of methoxy groups -OCH3 is 1. The lowest BCUT2D eigenvalue weighted by Crippen LogP contribution is -2.08. The number of fused-ring (bicyclic) bond motifs is 1. The lowest BCUT2D eigenvalue weighted by Gasteiger charge is -2.14. The molecule has 3 rings (SSSR count). The van der Waals surface area contributed by atoms with E-state index in [1.807, 2.05) is 37.3 Å². The van der Waals surface area contributed by atoms with E-state index in [2.05, 4.69) is 23.3 Å². The minimum absolute atomic E-state index is 0.233. The smallest absolute Gasteiger partial charge is 0.337 e. The van der Waals surface area contributed by atoms with Crippen molar-refractivity contribution in [3.8, 4) is 0 Å². The van der Waals surface area contributed by atoms with Crippen LogP contribution in [0.15, 0.2) is 36.4 Å². The van der Waals surface area contributed by atoms with Crippen molar-refractivity contribution in [2.24, 2.45) is 0 Å². The van der Waals surface area contributed by atoms with Crippen LogP contribution in [-0.4, -0.2) is 22.6 Å². The van der Waals surface area contributed by atoms with Crippen LogP contribution in [0.4, 0.5) is 5.69 Å². The van der Waals surface area contributed by atoms with Gasteiger partial charge in [0.25, 0.3) is 0 Å². The number of ether oxygens (including phenoxy) is 1. The lowest BCUT2D eigenvalue weighted by molar-refractivity contribution is 0.0600. The Morgan fingerprint density at radius 3 is 2.73 bits per heavy atom. The van der Waals surface area contributed by atoms with Gasteiger partial charge in [-0.25, -0.2) is 14.6 Å². The number of aryl methyl sites for hydroxylation is 1. The number of hydrogen-bond acceptors (Lipinski definition) is 3. The van der Waals surface area contributed by atoms with Gasteiger partial charge in [-0.1, -0.05) is 12.1 Å². The van der Waals surface area contributed by atoms with Gasteiger partial charge in [-0.05, 0) is 56.2 Å². The first-order valence-corrected chi connectivity index (χ1v) is 8.50. The quantitative estimate of drug-likeness (QED) is 0.500. The van der Waals surface area contributed by atoms with Crippen molar-refractivity contribution in [2.75, 3.05) is 7.11 Å². The molecule has 1 heterocycles. The molecule has 26 heavy (non-hydrogen) atoms. The molecule has 132 valence electrons. The SMILES string of the molecule is [C-]#[N+]c1cc2nc(Cc3cccc(C(=O)OC)c3)n(C(C)C)c2cc1C. The van der Waals surface area contributed by atoms with Crippen LogP contribution in [0.5, 0.6) is 0 Å². The van der Waals surface area contributed by atoms with E-state index in [1.165, 1.54) is 7.11 Å². The van der Waals surface area contributed by atoms with E-state index in [0.29, 0.717) is 17.7 Å². The molecule has 1 aromatic heterocycles. The second-order valence-corrected chi connectivity index (χ2v) is 6.60. The van der Waals surface area contributed by atoms with Crippen molar-refractivity contribution in [3.63, 3.8) is 0 Å². The topological polar surface area (TPSA) is 48.5 Å². The number of carbonyl (C=O) groups is 1. The largest absolute Gasteiger partial charge is 0.465 e. The summed E-state index contributed by atoms with van der Waals surface area (Å²) in [5.41, 5.74) is 4.97. The molecule has 0 saturated carbocycles. The molecular weight excluding hydrogens is 326 g/mol. The summed E-state index contributed by atoms with van der Waals surface area (Å²) in [6.07, 6.45) is 0.601. The van der Waals surface area contributed by atoms with Crippen molar-refractivity contribution in [1.29, 1.82) is 0 Å². The highest BCUT2D eigenvalue weighted by Gasteiger charge is 2.16. The Kier molecular flexibility index (Phi) is 4.77. The van der Waals surface area contributed by atoms with Crippen LogP contribution in [0.25, 0.3) is 15.9 Å². The molecule has 0 unspecified atom stereocenters. The number of aromatic nitrogens is 2. The Morgan fingerprint density at radius 1 is 1.31 bits per heavy atom. The van der Waals surface area contributed by atoms with Crippen molar-refractivity contribution < 1.29 is 9.53 Å². The molecule has 0 aliphatic rings. The van der Waals surface area contributed by atoms with Crippen molar-refractivity contribution in [2.45, 2.75) is 33.2 Å². The van der Waals surface area contributed by atoms with Crippen molar-refractivity contribution in [3.05, 3.63) is 70.3 Å². The third-order valence-electron chi connectivity index (χ3n) is 4.43. The molecular formula is C21H21N3O2. The molecule has 5 heteroatoms. The van der Waals surface area contributed by atoms with Gasteiger partial charge in [0.2, 0.25) is 0 Å². The first kappa shape index (κ1) is 17.7. The number of rotatable bonds is 4. The second kappa shape index (κ2) is 7.01. The molecule has 5 nitrogen and oxygen atoms in total. The highest BCUT2D eigenvalue weighted by molar-refractivity contribution is 5.89. The molecule has 2 aromatic carbocycles. The van der Waals surface area contributed by atoms with Crippen LogP contribution in [0.2, 0.25) is 0 Å². The molecule has 0 radical (unpaired) electrons. The van der Waals surface area contributed by atoms with E-state index in [1.54, 1.807) is 6.07 Å². The summed E-state index contributed by atoms with van der Waals surface area (Å²) in [4.78, 5) is 20.1. The fourth-order valence-electron chi connectivity index (χ4n) is 3.21. The van der Waals surface area contributed by atoms with Crippen LogP contribution in [0.3, 0.4) is 0 Å². The molecule has 0 aliphatic heterocycles. The monoisotopic (exact) mass is 347 g/mol. The molecule has 3 aromatic rings. The summed E-state index contributed by atoms with van der Waals surface area (Å²) in [7, 11) is 1.38. The fourth-order valence-corrected chi connectivity index (χ4v) is 3.21. The summed E-state index contributed by atoms with van der Waals surface area (Å²) in [6, 6.07) is 11.5. The maximum atomic E-state index is 11.8. The highest BCUT2D eigenvalue weighted by Crippen LogP contribution is 2.29. The van der Waals surface area contributed by atoms with Crippen LogP contribution in [0.1, 0.15) is 47.2 Å². The van der Waals surface area contributed by atoms with Gasteiger partial charge >= 0.3 is 5.97 Å². The third kappa shape index (κ3) is 3.18. The predicted molar refractivity (Wildman–Crippen MR) is 102 cm³/mol. The summed E-state index contributed by atoms with van der Waals surface area (Å²) in [5, 5.41) is 0. The zero-order valence-electron chi connectivity index (χ0n) is 15.4. The van der Waals surface area contributed by atoms with Gasteiger partial charge in [0.15, 0.2) is 5.69 Å². The highest BCUT2D eigenvalue weighted by atomic mass is 16.5. The third-order valence-corrected chi connectivity index (χ3v) is 4.43. The van der Waals surface area contributed by atoms with Gasteiger partial charge < -0.3 is 9.30 Å². The number of esters is 1. The van der Waals surface area contributed by atoms with E-state index in [0.717, 1.165) is 28.0 Å². The second-order valence-electron chi connectivity index (χ2n) is 6.60. The summed E-state index contributed by atoms with van der Waals surface area (Å²) < 4.78 is 7.00. The summed E-state index contributed by atoms with van der Waals surface area (Å²) in [6.45, 7) is 13.5. The minimum atomic E-state index is -0.346. The van der Waals surface area contributed by atoms with E-state index in [9.17, 15) is 4.79 Å². The summed E-state index contributed by atoms with van der Waals surface area (Å²) >= 11 is 0. The number of hydrogen-bond donors (Lipinski definition) is 0. The average molecular weight is 347 g/mol. The zero-order chi connectivity index (χ0) is 18.8. The fraction of sp³-hybridized carbons (Fsp3) is 0.286. The number of benzene rings is 2. The lowest BCUT2D eigenvalue weighted by atomic mass is 10.1. The molecule has 0 saturated heterocycles. The first-order chi connectivity index (χ1) is 12.4. The zero-order valence-corrected chi connectivity index (χ0v) is 15.4. The number of nitrogens with zero attached hydrogens (tertiary/aromatic N) is 3. The normalized spacial score (nSPS) is 10.9. The van der Waals surface area contributed by atoms with E-state index >= 15 is 0 Å². The van der Waals surface area contributed by atoms with Crippen LogP contribution < -0.4 is 0 Å². The Labute approximate surface area is 153 Å². The molecule has 0 spiro atoms. The van der Waals surface area contributed by atoms with Gasteiger partial charge in [0.1, 0.15) is 5.82 Å². The molecule has 0 aliphatic carbocycles. The molecule has 0 bridgehead atoms. The molecule has 0 atom stereocenters. The Morgan fingerprint density at radius 2 is 2.08 bits per heavy atom. The minimum Gasteiger partial charge on any atom is -0.465 e. The molecule has 0 fully saturated rings. The van der Waals surface area contributed by atoms with Crippen molar-refractivity contribution in [1.82, 2.24) is 9.55 Å². The number of carbonyl (C=O) groups excluding carboxylic acids is 1. The van der Waals surface area contributed by atoms with Gasteiger partial charge in [-0.15, -0.1) is 0 Å². The first-order valence-electron chi connectivity index (χ1n) is 8.50. The predicted octanol–water partition coefficient (Wildman–Crippen LogP) is 4.85. The number of imidazole rings is 1.